The summed E-state index contributed by atoms with van der Waals surface area (Å²) >= 11 is 3.44. The zero-order valence-corrected chi connectivity index (χ0v) is 12.1. The third-order valence-corrected chi connectivity index (χ3v) is 3.66. The molecular formula is C15H12BrNO3. The molecule has 1 aliphatic rings. The summed E-state index contributed by atoms with van der Waals surface area (Å²) < 4.78 is 6.46. The number of hydrogen-bond donors (Lipinski definition) is 2. The summed E-state index contributed by atoms with van der Waals surface area (Å²) in [6, 6.07) is 13.0. The van der Waals surface area contributed by atoms with Gasteiger partial charge < -0.3 is 15.2 Å². The quantitative estimate of drug-likeness (QED) is 0.884. The van der Waals surface area contributed by atoms with Gasteiger partial charge >= 0.3 is 5.97 Å². The molecule has 0 amide bonds. The Labute approximate surface area is 124 Å². The SMILES string of the molecule is O=C(O)C1COc2ccc(-c3cccc(Br)c3)cc2N1. The fourth-order valence-corrected chi connectivity index (χ4v) is 2.55. The van der Waals surface area contributed by atoms with Gasteiger partial charge in [-0.2, -0.15) is 0 Å². The van der Waals surface area contributed by atoms with Gasteiger partial charge in [0.05, 0.1) is 5.69 Å². The van der Waals surface area contributed by atoms with E-state index in [2.05, 4.69) is 21.2 Å². The highest BCUT2D eigenvalue weighted by Crippen LogP contribution is 2.34. The molecule has 0 saturated heterocycles. The van der Waals surface area contributed by atoms with Gasteiger partial charge in [0.2, 0.25) is 0 Å². The van der Waals surface area contributed by atoms with Crippen LogP contribution in [0.5, 0.6) is 5.75 Å². The van der Waals surface area contributed by atoms with Crippen molar-refractivity contribution in [1.29, 1.82) is 0 Å². The van der Waals surface area contributed by atoms with E-state index in [9.17, 15) is 4.79 Å². The van der Waals surface area contributed by atoms with Crippen LogP contribution >= 0.6 is 15.9 Å². The largest absolute Gasteiger partial charge is 0.489 e. The first-order valence-electron chi connectivity index (χ1n) is 6.15. The fourth-order valence-electron chi connectivity index (χ4n) is 2.15. The van der Waals surface area contributed by atoms with Crippen LogP contribution in [0.4, 0.5) is 5.69 Å². The predicted octanol–water partition coefficient (Wildman–Crippen LogP) is 3.37. The maximum Gasteiger partial charge on any atom is 0.329 e. The van der Waals surface area contributed by atoms with Gasteiger partial charge in [-0.3, -0.25) is 0 Å². The molecule has 0 aromatic heterocycles. The third-order valence-electron chi connectivity index (χ3n) is 3.17. The Morgan fingerprint density at radius 3 is 2.80 bits per heavy atom. The highest BCUT2D eigenvalue weighted by atomic mass is 79.9. The lowest BCUT2D eigenvalue weighted by atomic mass is 10.0. The van der Waals surface area contributed by atoms with Crippen molar-refractivity contribution in [3.8, 4) is 16.9 Å². The van der Waals surface area contributed by atoms with E-state index in [0.717, 1.165) is 15.6 Å². The topological polar surface area (TPSA) is 58.6 Å². The van der Waals surface area contributed by atoms with Gasteiger partial charge in [0, 0.05) is 4.47 Å². The number of carboxylic acids is 1. The molecule has 1 atom stereocenters. The summed E-state index contributed by atoms with van der Waals surface area (Å²) in [7, 11) is 0. The number of ether oxygens (including phenoxy) is 1. The number of hydrogen-bond acceptors (Lipinski definition) is 3. The standard InChI is InChI=1S/C15H12BrNO3/c16-11-3-1-2-9(6-11)10-4-5-14-12(7-10)17-13(8-20-14)15(18)19/h1-7,13,17H,8H2,(H,18,19). The van der Waals surface area contributed by atoms with E-state index in [1.54, 1.807) is 0 Å². The zero-order valence-electron chi connectivity index (χ0n) is 10.5. The van der Waals surface area contributed by atoms with Crippen LogP contribution in [0.1, 0.15) is 0 Å². The summed E-state index contributed by atoms with van der Waals surface area (Å²) in [4.78, 5) is 11.0. The van der Waals surface area contributed by atoms with Crippen LogP contribution in [0, 0.1) is 0 Å². The summed E-state index contributed by atoms with van der Waals surface area (Å²) in [5.74, 6) is -0.232. The Morgan fingerprint density at radius 2 is 2.05 bits per heavy atom. The lowest BCUT2D eigenvalue weighted by Gasteiger charge is -2.25. The Kier molecular flexibility index (Phi) is 3.36. The number of carboxylic acid groups (broad SMARTS) is 1. The first-order chi connectivity index (χ1) is 9.63. The molecule has 0 fully saturated rings. The third kappa shape index (κ3) is 2.49. The molecule has 0 saturated carbocycles. The maximum atomic E-state index is 11.0. The lowest BCUT2D eigenvalue weighted by Crippen LogP contribution is -2.38. The van der Waals surface area contributed by atoms with Crippen LogP contribution < -0.4 is 10.1 Å². The van der Waals surface area contributed by atoms with Gasteiger partial charge in [-0.05, 0) is 35.4 Å². The molecule has 0 spiro atoms. The molecular weight excluding hydrogens is 322 g/mol. The molecule has 1 unspecified atom stereocenters. The van der Waals surface area contributed by atoms with E-state index in [1.165, 1.54) is 0 Å². The van der Waals surface area contributed by atoms with Crippen LogP contribution in [0.3, 0.4) is 0 Å². The Balaban J connectivity index is 1.97. The van der Waals surface area contributed by atoms with Gasteiger partial charge in [-0.15, -0.1) is 0 Å². The first kappa shape index (κ1) is 13.0. The average Bonchev–Trinajstić information content (AvgIpc) is 2.46. The minimum absolute atomic E-state index is 0.137. The minimum atomic E-state index is -0.913. The molecule has 5 heteroatoms. The van der Waals surface area contributed by atoms with Gasteiger partial charge in [-0.25, -0.2) is 4.79 Å². The number of aliphatic carboxylic acids is 1. The van der Waals surface area contributed by atoms with Crippen LogP contribution in [-0.2, 0) is 4.79 Å². The smallest absolute Gasteiger partial charge is 0.329 e. The summed E-state index contributed by atoms with van der Waals surface area (Å²) in [6.45, 7) is 0.137. The van der Waals surface area contributed by atoms with Crippen LogP contribution in [-0.4, -0.2) is 23.7 Å². The van der Waals surface area contributed by atoms with E-state index >= 15 is 0 Å². The van der Waals surface area contributed by atoms with Crippen molar-refractivity contribution < 1.29 is 14.6 Å². The van der Waals surface area contributed by atoms with Crippen molar-refractivity contribution in [2.24, 2.45) is 0 Å². The first-order valence-corrected chi connectivity index (χ1v) is 6.95. The Morgan fingerprint density at radius 1 is 1.25 bits per heavy atom. The number of anilines is 1. The van der Waals surface area contributed by atoms with Crippen LogP contribution in [0.15, 0.2) is 46.9 Å². The number of nitrogens with one attached hydrogen (secondary N) is 1. The molecule has 1 aliphatic heterocycles. The molecule has 102 valence electrons. The number of carbonyl (C=O) groups is 1. The van der Waals surface area contributed by atoms with Crippen molar-refractivity contribution in [2.45, 2.75) is 6.04 Å². The Bertz CT molecular complexity index is 672. The highest BCUT2D eigenvalue weighted by Gasteiger charge is 2.24. The van der Waals surface area contributed by atoms with Gasteiger partial charge in [0.1, 0.15) is 12.4 Å². The summed E-state index contributed by atoms with van der Waals surface area (Å²) in [5, 5.41) is 12.0. The second-order valence-corrected chi connectivity index (χ2v) is 5.48. The molecule has 2 N–H and O–H groups in total. The van der Waals surface area contributed by atoms with E-state index in [-0.39, 0.29) is 6.61 Å². The maximum absolute atomic E-state index is 11.0. The van der Waals surface area contributed by atoms with Crippen molar-refractivity contribution in [1.82, 2.24) is 0 Å². The number of halogens is 1. The zero-order chi connectivity index (χ0) is 14.1. The molecule has 4 nitrogen and oxygen atoms in total. The fraction of sp³-hybridized carbons (Fsp3) is 0.133. The van der Waals surface area contributed by atoms with E-state index in [1.807, 2.05) is 42.5 Å². The van der Waals surface area contributed by atoms with Crippen molar-refractivity contribution in [3.63, 3.8) is 0 Å². The lowest BCUT2D eigenvalue weighted by molar-refractivity contribution is -0.138. The minimum Gasteiger partial charge on any atom is -0.489 e. The van der Waals surface area contributed by atoms with Gasteiger partial charge in [0.25, 0.3) is 0 Å². The summed E-state index contributed by atoms with van der Waals surface area (Å²) in [5.41, 5.74) is 2.77. The number of benzene rings is 2. The highest BCUT2D eigenvalue weighted by molar-refractivity contribution is 9.10. The van der Waals surface area contributed by atoms with E-state index in [4.69, 9.17) is 9.84 Å². The predicted molar refractivity (Wildman–Crippen MR) is 80.1 cm³/mol. The normalized spacial score (nSPS) is 16.8. The van der Waals surface area contributed by atoms with Crippen molar-refractivity contribution in [3.05, 3.63) is 46.9 Å². The molecule has 2 aromatic rings. The molecule has 2 aromatic carbocycles. The van der Waals surface area contributed by atoms with E-state index in [0.29, 0.717) is 11.4 Å². The molecule has 3 rings (SSSR count). The Hall–Kier alpha value is -2.01. The van der Waals surface area contributed by atoms with Crippen molar-refractivity contribution >= 4 is 27.6 Å². The summed E-state index contributed by atoms with van der Waals surface area (Å²) in [6.07, 6.45) is 0. The molecule has 0 bridgehead atoms. The number of fused-ring (bicyclic) bond motifs is 1. The number of rotatable bonds is 2. The van der Waals surface area contributed by atoms with Gasteiger partial charge in [0.15, 0.2) is 6.04 Å². The molecule has 0 radical (unpaired) electrons. The molecule has 1 heterocycles. The van der Waals surface area contributed by atoms with Crippen molar-refractivity contribution in [2.75, 3.05) is 11.9 Å². The average molecular weight is 334 g/mol. The van der Waals surface area contributed by atoms with E-state index < -0.39 is 12.0 Å². The van der Waals surface area contributed by atoms with Crippen LogP contribution in [0.25, 0.3) is 11.1 Å². The second-order valence-electron chi connectivity index (χ2n) is 4.57. The monoisotopic (exact) mass is 333 g/mol. The molecule has 20 heavy (non-hydrogen) atoms. The van der Waals surface area contributed by atoms with Crippen LogP contribution in [0.2, 0.25) is 0 Å². The second kappa shape index (κ2) is 5.17. The van der Waals surface area contributed by atoms with Gasteiger partial charge in [-0.1, -0.05) is 34.1 Å². The molecule has 0 aliphatic carbocycles.